The summed E-state index contributed by atoms with van der Waals surface area (Å²) in [5, 5.41) is 0.980. The highest BCUT2D eigenvalue weighted by Gasteiger charge is 2.29. The van der Waals surface area contributed by atoms with E-state index in [1.54, 1.807) is 30.1 Å². The summed E-state index contributed by atoms with van der Waals surface area (Å²) < 4.78 is 0. The van der Waals surface area contributed by atoms with Crippen molar-refractivity contribution in [2.24, 2.45) is 4.99 Å². The summed E-state index contributed by atoms with van der Waals surface area (Å²) in [6.45, 7) is 0.613. The zero-order chi connectivity index (χ0) is 18.5. The van der Waals surface area contributed by atoms with Gasteiger partial charge in [-0.15, -0.1) is 0 Å². The number of amidine groups is 1. The summed E-state index contributed by atoms with van der Waals surface area (Å²) in [7, 11) is 1.77. The van der Waals surface area contributed by atoms with Gasteiger partial charge >= 0.3 is 0 Å². The van der Waals surface area contributed by atoms with Crippen molar-refractivity contribution >= 4 is 46.0 Å². The van der Waals surface area contributed by atoms with Crippen molar-refractivity contribution in [3.05, 3.63) is 65.2 Å². The Morgan fingerprint density at radius 2 is 1.88 bits per heavy atom. The molecule has 0 saturated heterocycles. The van der Waals surface area contributed by atoms with Gasteiger partial charge in [-0.2, -0.15) is 0 Å². The van der Waals surface area contributed by atoms with E-state index in [4.69, 9.17) is 11.6 Å². The first-order valence-corrected chi connectivity index (χ1v) is 9.45. The summed E-state index contributed by atoms with van der Waals surface area (Å²) in [5.74, 6) is 0.0295. The van der Waals surface area contributed by atoms with Gasteiger partial charge in [0.25, 0.3) is 5.91 Å². The van der Waals surface area contributed by atoms with Crippen LogP contribution in [0.1, 0.15) is 5.56 Å². The zero-order valence-corrected chi connectivity index (χ0v) is 15.8. The Morgan fingerprint density at radius 1 is 1.19 bits per heavy atom. The van der Waals surface area contributed by atoms with Gasteiger partial charge in [0.05, 0.1) is 16.5 Å². The molecule has 2 aromatic rings. The second-order valence-electron chi connectivity index (χ2n) is 5.80. The molecule has 1 aliphatic rings. The van der Waals surface area contributed by atoms with Crippen LogP contribution >= 0.6 is 23.4 Å². The molecule has 3 rings (SSSR count). The number of rotatable bonds is 5. The highest BCUT2D eigenvalue weighted by Crippen LogP contribution is 2.30. The molecule has 2 amide bonds. The van der Waals surface area contributed by atoms with Crippen LogP contribution in [-0.4, -0.2) is 41.2 Å². The molecule has 0 aromatic heterocycles. The Kier molecular flexibility index (Phi) is 5.96. The smallest absolute Gasteiger partial charge is 0.254 e. The first-order chi connectivity index (χ1) is 12.6. The quantitative estimate of drug-likeness (QED) is 0.789. The number of aliphatic imine (C=N–C) groups is 1. The predicted molar refractivity (Wildman–Crippen MR) is 107 cm³/mol. The van der Waals surface area contributed by atoms with E-state index in [2.05, 4.69) is 4.99 Å². The highest BCUT2D eigenvalue weighted by molar-refractivity contribution is 8.14. The standard InChI is InChI=1S/C19H18ClN3O2S/c1-22(12-14-7-3-2-4-8-14)18(25)13-26-19-21-11-17(24)23(19)16-10-6-5-9-15(16)20/h2-10H,11-13H2,1H3. The van der Waals surface area contributed by atoms with Gasteiger partial charge in [-0.3, -0.25) is 19.5 Å². The zero-order valence-electron chi connectivity index (χ0n) is 14.3. The Morgan fingerprint density at radius 3 is 2.62 bits per heavy atom. The van der Waals surface area contributed by atoms with Crippen LogP contribution < -0.4 is 4.90 Å². The second kappa shape index (κ2) is 8.38. The average Bonchev–Trinajstić information content (AvgIpc) is 3.01. The maximum absolute atomic E-state index is 12.4. The molecule has 26 heavy (non-hydrogen) atoms. The van der Waals surface area contributed by atoms with Crippen LogP contribution in [0.4, 0.5) is 5.69 Å². The van der Waals surface area contributed by atoms with Crippen LogP contribution in [-0.2, 0) is 16.1 Å². The molecule has 0 fully saturated rings. The van der Waals surface area contributed by atoms with Crippen LogP contribution in [0.5, 0.6) is 0 Å². The predicted octanol–water partition coefficient (Wildman–Crippen LogP) is 3.43. The number of hydrogen-bond acceptors (Lipinski definition) is 4. The maximum Gasteiger partial charge on any atom is 0.254 e. The van der Waals surface area contributed by atoms with Crippen molar-refractivity contribution in [3.8, 4) is 0 Å². The first-order valence-electron chi connectivity index (χ1n) is 8.09. The van der Waals surface area contributed by atoms with Crippen molar-refractivity contribution in [2.75, 3.05) is 24.2 Å². The van der Waals surface area contributed by atoms with Crippen molar-refractivity contribution in [1.82, 2.24) is 4.90 Å². The van der Waals surface area contributed by atoms with E-state index in [0.717, 1.165) is 5.56 Å². The third-order valence-electron chi connectivity index (χ3n) is 3.90. The van der Waals surface area contributed by atoms with Crippen LogP contribution in [0, 0.1) is 0 Å². The van der Waals surface area contributed by atoms with E-state index >= 15 is 0 Å². The Labute approximate surface area is 161 Å². The molecule has 2 aromatic carbocycles. The van der Waals surface area contributed by atoms with Crippen LogP contribution in [0.3, 0.4) is 0 Å². The normalized spacial score (nSPS) is 13.7. The Bertz CT molecular complexity index is 842. The van der Waals surface area contributed by atoms with Crippen molar-refractivity contribution in [1.29, 1.82) is 0 Å². The number of nitrogens with zero attached hydrogens (tertiary/aromatic N) is 3. The van der Waals surface area contributed by atoms with Crippen molar-refractivity contribution in [3.63, 3.8) is 0 Å². The number of amides is 2. The summed E-state index contributed by atoms with van der Waals surface area (Å²) in [6.07, 6.45) is 0. The van der Waals surface area contributed by atoms with Crippen LogP contribution in [0.15, 0.2) is 59.6 Å². The molecule has 5 nitrogen and oxygen atoms in total. The van der Waals surface area contributed by atoms with Gasteiger partial charge < -0.3 is 4.90 Å². The van der Waals surface area contributed by atoms with Gasteiger partial charge in [-0.05, 0) is 17.7 Å². The molecule has 134 valence electrons. The van der Waals surface area contributed by atoms with E-state index in [-0.39, 0.29) is 24.1 Å². The largest absolute Gasteiger partial charge is 0.341 e. The molecule has 0 unspecified atom stereocenters. The van der Waals surface area contributed by atoms with E-state index in [1.807, 2.05) is 36.4 Å². The minimum atomic E-state index is -0.148. The molecule has 1 heterocycles. The highest BCUT2D eigenvalue weighted by atomic mass is 35.5. The maximum atomic E-state index is 12.4. The molecule has 0 radical (unpaired) electrons. The number of halogens is 1. The number of anilines is 1. The molecule has 1 aliphatic heterocycles. The van der Waals surface area contributed by atoms with Crippen LogP contribution in [0.2, 0.25) is 5.02 Å². The number of para-hydroxylation sites is 1. The van der Waals surface area contributed by atoms with E-state index < -0.39 is 0 Å². The SMILES string of the molecule is CN(Cc1ccccc1)C(=O)CSC1=NCC(=O)N1c1ccccc1Cl. The molecule has 0 bridgehead atoms. The summed E-state index contributed by atoms with van der Waals surface area (Å²) in [4.78, 5) is 32.0. The topological polar surface area (TPSA) is 53.0 Å². The molecule has 7 heteroatoms. The lowest BCUT2D eigenvalue weighted by Gasteiger charge is -2.20. The van der Waals surface area contributed by atoms with Crippen molar-refractivity contribution < 1.29 is 9.59 Å². The molecule has 0 atom stereocenters. The fraction of sp³-hybridized carbons (Fsp3) is 0.211. The molecular weight excluding hydrogens is 370 g/mol. The summed E-state index contributed by atoms with van der Waals surface area (Å²) in [6, 6.07) is 16.9. The first kappa shape index (κ1) is 18.5. The molecule has 0 saturated carbocycles. The number of carbonyl (C=O) groups excluding carboxylic acids is 2. The summed E-state index contributed by atoms with van der Waals surface area (Å²) in [5.41, 5.74) is 1.66. The van der Waals surface area contributed by atoms with Gasteiger partial charge in [-0.1, -0.05) is 65.8 Å². The summed E-state index contributed by atoms with van der Waals surface area (Å²) >= 11 is 7.46. The van der Waals surface area contributed by atoms with Gasteiger partial charge in [0.2, 0.25) is 5.91 Å². The number of carbonyl (C=O) groups is 2. The Balaban J connectivity index is 1.62. The molecular formula is C19H18ClN3O2S. The van der Waals surface area contributed by atoms with Crippen molar-refractivity contribution in [2.45, 2.75) is 6.54 Å². The Hall–Kier alpha value is -2.31. The molecule has 0 spiro atoms. The van der Waals surface area contributed by atoms with E-state index in [0.29, 0.717) is 22.4 Å². The average molecular weight is 388 g/mol. The fourth-order valence-electron chi connectivity index (χ4n) is 2.55. The lowest BCUT2D eigenvalue weighted by Crippen LogP contribution is -2.33. The third kappa shape index (κ3) is 4.26. The van der Waals surface area contributed by atoms with Gasteiger partial charge in [0.15, 0.2) is 5.17 Å². The minimum Gasteiger partial charge on any atom is -0.341 e. The van der Waals surface area contributed by atoms with Crippen LogP contribution in [0.25, 0.3) is 0 Å². The van der Waals surface area contributed by atoms with E-state index in [9.17, 15) is 9.59 Å². The third-order valence-corrected chi connectivity index (χ3v) is 5.18. The number of thioether (sulfide) groups is 1. The van der Waals surface area contributed by atoms with Gasteiger partial charge in [0.1, 0.15) is 6.54 Å². The number of hydrogen-bond donors (Lipinski definition) is 0. The second-order valence-corrected chi connectivity index (χ2v) is 7.15. The van der Waals surface area contributed by atoms with Gasteiger partial charge in [-0.25, -0.2) is 0 Å². The minimum absolute atomic E-state index is 0.0278. The molecule has 0 N–H and O–H groups in total. The lowest BCUT2D eigenvalue weighted by atomic mass is 10.2. The van der Waals surface area contributed by atoms with Gasteiger partial charge in [0, 0.05) is 13.6 Å². The number of benzene rings is 2. The monoisotopic (exact) mass is 387 g/mol. The fourth-order valence-corrected chi connectivity index (χ4v) is 3.72. The van der Waals surface area contributed by atoms with E-state index in [1.165, 1.54) is 16.7 Å². The molecule has 0 aliphatic carbocycles. The lowest BCUT2D eigenvalue weighted by molar-refractivity contribution is -0.127.